The Morgan fingerprint density at radius 2 is 2.33 bits per heavy atom. The number of fused-ring (bicyclic) bond motifs is 1. The molecule has 1 aromatic rings. The van der Waals surface area contributed by atoms with Crippen LogP contribution in [0, 0.1) is 6.92 Å². The third kappa shape index (κ3) is 1.08. The molecule has 0 bridgehead atoms. The molecular formula is C9H10ClNO. The van der Waals surface area contributed by atoms with Gasteiger partial charge in [0.1, 0.15) is 12.4 Å². The van der Waals surface area contributed by atoms with E-state index in [9.17, 15) is 0 Å². The van der Waals surface area contributed by atoms with E-state index >= 15 is 0 Å². The minimum atomic E-state index is -0.0619. The highest BCUT2D eigenvalue weighted by Gasteiger charge is 2.23. The first-order valence-electron chi connectivity index (χ1n) is 3.87. The predicted molar refractivity (Wildman–Crippen MR) is 48.6 cm³/mol. The zero-order chi connectivity index (χ0) is 8.72. The van der Waals surface area contributed by atoms with Crippen molar-refractivity contribution in [3.05, 3.63) is 28.3 Å². The van der Waals surface area contributed by atoms with Gasteiger partial charge in [-0.3, -0.25) is 0 Å². The molecule has 2 nitrogen and oxygen atoms in total. The molecule has 0 saturated heterocycles. The first kappa shape index (κ1) is 7.90. The van der Waals surface area contributed by atoms with Crippen molar-refractivity contribution in [2.75, 3.05) is 6.61 Å². The Morgan fingerprint density at radius 3 is 3.08 bits per heavy atom. The monoisotopic (exact) mass is 183 g/mol. The summed E-state index contributed by atoms with van der Waals surface area (Å²) in [5, 5.41) is 0.718. The van der Waals surface area contributed by atoms with Crippen LogP contribution in [-0.2, 0) is 0 Å². The summed E-state index contributed by atoms with van der Waals surface area (Å²) in [5.41, 5.74) is 7.84. The molecule has 0 amide bonds. The van der Waals surface area contributed by atoms with Crippen LogP contribution in [0.5, 0.6) is 5.75 Å². The minimum absolute atomic E-state index is 0.0619. The molecule has 0 spiro atoms. The number of nitrogens with two attached hydrogens (primary N) is 1. The van der Waals surface area contributed by atoms with E-state index in [2.05, 4.69) is 0 Å². The van der Waals surface area contributed by atoms with Crippen molar-refractivity contribution >= 4 is 11.6 Å². The average molecular weight is 184 g/mol. The van der Waals surface area contributed by atoms with Gasteiger partial charge in [-0.2, -0.15) is 0 Å². The summed E-state index contributed by atoms with van der Waals surface area (Å²) in [6.07, 6.45) is 0. The molecule has 2 N–H and O–H groups in total. The molecule has 1 atom stereocenters. The van der Waals surface area contributed by atoms with Gasteiger partial charge in [0.25, 0.3) is 0 Å². The Balaban J connectivity index is 2.60. The van der Waals surface area contributed by atoms with Gasteiger partial charge < -0.3 is 10.5 Å². The normalized spacial score (nSPS) is 20.4. The topological polar surface area (TPSA) is 35.2 Å². The number of ether oxygens (including phenoxy) is 1. The van der Waals surface area contributed by atoms with Crippen molar-refractivity contribution < 1.29 is 4.74 Å². The average Bonchev–Trinajstić information content (AvgIpc) is 2.31. The maximum absolute atomic E-state index is 6.01. The molecule has 64 valence electrons. The van der Waals surface area contributed by atoms with E-state index in [1.807, 2.05) is 19.1 Å². The van der Waals surface area contributed by atoms with E-state index < -0.39 is 0 Å². The number of halogens is 1. The fourth-order valence-electron chi connectivity index (χ4n) is 1.46. The number of benzene rings is 1. The van der Waals surface area contributed by atoms with Gasteiger partial charge in [-0.1, -0.05) is 11.6 Å². The highest BCUT2D eigenvalue weighted by molar-refractivity contribution is 6.31. The Labute approximate surface area is 76.3 Å². The van der Waals surface area contributed by atoms with Crippen molar-refractivity contribution in [3.63, 3.8) is 0 Å². The van der Waals surface area contributed by atoms with E-state index in [0.29, 0.717) is 6.61 Å². The molecule has 0 unspecified atom stereocenters. The second kappa shape index (κ2) is 2.64. The zero-order valence-electron chi connectivity index (χ0n) is 6.80. The van der Waals surface area contributed by atoms with Gasteiger partial charge in [-0.15, -0.1) is 0 Å². The van der Waals surface area contributed by atoms with Crippen LogP contribution in [-0.4, -0.2) is 6.61 Å². The van der Waals surface area contributed by atoms with Gasteiger partial charge in [-0.25, -0.2) is 0 Å². The van der Waals surface area contributed by atoms with Crippen LogP contribution >= 0.6 is 11.6 Å². The number of hydrogen-bond donors (Lipinski definition) is 1. The number of aryl methyl sites for hydroxylation is 1. The van der Waals surface area contributed by atoms with Crippen LogP contribution in [0.2, 0.25) is 5.02 Å². The fraction of sp³-hybridized carbons (Fsp3) is 0.333. The maximum Gasteiger partial charge on any atom is 0.126 e. The number of hydrogen-bond acceptors (Lipinski definition) is 2. The third-order valence-corrected chi connectivity index (χ3v) is 2.34. The molecule has 0 aliphatic carbocycles. The van der Waals surface area contributed by atoms with E-state index in [1.54, 1.807) is 0 Å². The van der Waals surface area contributed by atoms with Gasteiger partial charge >= 0.3 is 0 Å². The summed E-state index contributed by atoms with van der Waals surface area (Å²) in [4.78, 5) is 0. The summed E-state index contributed by atoms with van der Waals surface area (Å²) in [6, 6.07) is 3.82. The fourth-order valence-corrected chi connectivity index (χ4v) is 1.87. The van der Waals surface area contributed by atoms with E-state index in [4.69, 9.17) is 22.1 Å². The molecule has 1 aliphatic rings. The van der Waals surface area contributed by atoms with Crippen LogP contribution < -0.4 is 10.5 Å². The lowest BCUT2D eigenvalue weighted by atomic mass is 10.1. The largest absolute Gasteiger partial charge is 0.491 e. The summed E-state index contributed by atoms with van der Waals surface area (Å²) in [5.74, 6) is 0.840. The molecule has 0 fully saturated rings. The molecule has 1 aliphatic heterocycles. The quantitative estimate of drug-likeness (QED) is 0.668. The highest BCUT2D eigenvalue weighted by Crippen LogP contribution is 2.37. The Morgan fingerprint density at radius 1 is 1.58 bits per heavy atom. The molecule has 2 rings (SSSR count). The summed E-state index contributed by atoms with van der Waals surface area (Å²) in [7, 11) is 0. The molecule has 0 aromatic heterocycles. The Hall–Kier alpha value is -0.730. The number of rotatable bonds is 0. The van der Waals surface area contributed by atoms with Gasteiger partial charge in [0.2, 0.25) is 0 Å². The maximum atomic E-state index is 6.01. The van der Waals surface area contributed by atoms with E-state index in [1.165, 1.54) is 0 Å². The zero-order valence-corrected chi connectivity index (χ0v) is 7.56. The molecule has 1 heterocycles. The highest BCUT2D eigenvalue weighted by atomic mass is 35.5. The van der Waals surface area contributed by atoms with Gasteiger partial charge in [0, 0.05) is 10.6 Å². The third-order valence-electron chi connectivity index (χ3n) is 2.03. The van der Waals surface area contributed by atoms with Crippen molar-refractivity contribution in [2.24, 2.45) is 5.73 Å². The van der Waals surface area contributed by atoms with Gasteiger partial charge in [0.05, 0.1) is 6.04 Å². The second-order valence-corrected chi connectivity index (χ2v) is 3.48. The summed E-state index contributed by atoms with van der Waals surface area (Å²) >= 11 is 6.01. The van der Waals surface area contributed by atoms with Gasteiger partial charge in [-0.05, 0) is 24.6 Å². The van der Waals surface area contributed by atoms with Crippen LogP contribution in [0.1, 0.15) is 17.2 Å². The molecule has 3 heteroatoms. The van der Waals surface area contributed by atoms with E-state index in [0.717, 1.165) is 21.9 Å². The Kier molecular flexibility index (Phi) is 1.74. The molecule has 12 heavy (non-hydrogen) atoms. The summed E-state index contributed by atoms with van der Waals surface area (Å²) in [6.45, 7) is 2.53. The lowest BCUT2D eigenvalue weighted by molar-refractivity contribution is 0.333. The van der Waals surface area contributed by atoms with Crippen molar-refractivity contribution in [3.8, 4) is 5.75 Å². The van der Waals surface area contributed by atoms with Crippen LogP contribution in [0.3, 0.4) is 0 Å². The lowest BCUT2D eigenvalue weighted by Crippen LogP contribution is -2.11. The molecule has 1 aromatic carbocycles. The van der Waals surface area contributed by atoms with Crippen LogP contribution in [0.25, 0.3) is 0 Å². The van der Waals surface area contributed by atoms with Gasteiger partial charge in [0.15, 0.2) is 0 Å². The standard InChI is InChI=1S/C9H10ClNO/c1-5-2-6(10)9-7(11)4-12-8(9)3-5/h2-3,7H,4,11H2,1H3/t7-/m0/s1. The minimum Gasteiger partial charge on any atom is -0.491 e. The lowest BCUT2D eigenvalue weighted by Gasteiger charge is -2.04. The van der Waals surface area contributed by atoms with E-state index in [-0.39, 0.29) is 6.04 Å². The Bertz CT molecular complexity index is 325. The van der Waals surface area contributed by atoms with Crippen molar-refractivity contribution in [1.82, 2.24) is 0 Å². The molecule has 0 radical (unpaired) electrons. The second-order valence-electron chi connectivity index (χ2n) is 3.08. The molecular weight excluding hydrogens is 174 g/mol. The van der Waals surface area contributed by atoms with Crippen LogP contribution in [0.15, 0.2) is 12.1 Å². The van der Waals surface area contributed by atoms with Crippen molar-refractivity contribution in [2.45, 2.75) is 13.0 Å². The SMILES string of the molecule is Cc1cc(Cl)c2c(c1)OC[C@@H]2N. The first-order chi connectivity index (χ1) is 5.68. The van der Waals surface area contributed by atoms with Crippen molar-refractivity contribution in [1.29, 1.82) is 0 Å². The summed E-state index contributed by atoms with van der Waals surface area (Å²) < 4.78 is 5.36. The van der Waals surface area contributed by atoms with Crippen LogP contribution in [0.4, 0.5) is 0 Å². The first-order valence-corrected chi connectivity index (χ1v) is 4.24. The smallest absolute Gasteiger partial charge is 0.126 e. The molecule has 0 saturated carbocycles. The predicted octanol–water partition coefficient (Wildman–Crippen LogP) is 2.04.